The number of carbonyl (C=O) groups is 2. The molecule has 0 spiro atoms. The van der Waals surface area contributed by atoms with E-state index < -0.39 is 12.8 Å². The molecular formula is C26H25F3N6O3. The van der Waals surface area contributed by atoms with Crippen LogP contribution in [-0.2, 0) is 0 Å². The molecule has 9 nitrogen and oxygen atoms in total. The van der Waals surface area contributed by atoms with Gasteiger partial charge in [-0.1, -0.05) is 5.21 Å². The Morgan fingerprint density at radius 3 is 2.18 bits per heavy atom. The van der Waals surface area contributed by atoms with Gasteiger partial charge >= 0.3 is 6.18 Å². The number of rotatable bonds is 5. The van der Waals surface area contributed by atoms with E-state index in [1.165, 1.54) is 6.20 Å². The van der Waals surface area contributed by atoms with E-state index in [2.05, 4.69) is 20.4 Å². The van der Waals surface area contributed by atoms with Crippen molar-refractivity contribution < 1.29 is 27.5 Å². The van der Waals surface area contributed by atoms with Crippen LogP contribution in [0, 0.1) is 23.7 Å². The minimum Gasteiger partial charge on any atom is -0.468 e. The van der Waals surface area contributed by atoms with Gasteiger partial charge in [-0.25, -0.2) is 4.98 Å². The molecule has 0 bridgehead atoms. The molecule has 1 aromatic carbocycles. The molecular weight excluding hydrogens is 501 g/mol. The fraction of sp³-hybridized carbons (Fsp3) is 0.500. The number of hydrogen-bond acceptors (Lipinski definition) is 6. The van der Waals surface area contributed by atoms with Crippen LogP contribution in [0.5, 0.6) is 5.88 Å². The highest BCUT2D eigenvalue weighted by molar-refractivity contribution is 5.97. The fourth-order valence-electron chi connectivity index (χ4n) is 6.59. The average molecular weight is 527 g/mol. The second-order valence-electron chi connectivity index (χ2n) is 10.9. The molecule has 0 radical (unpaired) electrons. The Kier molecular flexibility index (Phi) is 5.18. The molecule has 2 aliphatic carbocycles. The number of nitrogens with zero attached hydrogens (tertiary/aromatic N) is 5. The highest BCUT2D eigenvalue weighted by Gasteiger charge is 2.59. The number of hydrogen-bond donors (Lipinski definition) is 1. The summed E-state index contributed by atoms with van der Waals surface area (Å²) in [5, 5.41) is 10.6. The lowest BCUT2D eigenvalue weighted by Crippen LogP contribution is -2.44. The van der Waals surface area contributed by atoms with E-state index in [1.807, 2.05) is 15.9 Å². The van der Waals surface area contributed by atoms with Crippen LogP contribution in [0.3, 0.4) is 0 Å². The molecule has 4 aliphatic rings. The first-order valence-electron chi connectivity index (χ1n) is 12.8. The quantitative estimate of drug-likeness (QED) is 0.548. The normalized spacial score (nSPS) is 26.3. The molecule has 3 aromatic rings. The lowest BCUT2D eigenvalue weighted by Gasteiger charge is -2.42. The average Bonchev–Trinajstić information content (AvgIpc) is 3.33. The van der Waals surface area contributed by atoms with E-state index in [0.29, 0.717) is 72.1 Å². The number of benzene rings is 1. The zero-order chi connectivity index (χ0) is 26.2. The number of carbonyl (C=O) groups excluding carboxylic acids is 2. The molecule has 2 saturated heterocycles. The van der Waals surface area contributed by atoms with Crippen molar-refractivity contribution in [2.45, 2.75) is 24.9 Å². The predicted octanol–water partition coefficient (Wildman–Crippen LogP) is 3.26. The molecule has 4 heterocycles. The summed E-state index contributed by atoms with van der Waals surface area (Å²) in [6.45, 7) is 1.16. The molecule has 0 unspecified atom stereocenters. The summed E-state index contributed by atoms with van der Waals surface area (Å²) in [5.74, 6) is 1.28. The fourth-order valence-corrected chi connectivity index (χ4v) is 6.59. The zero-order valence-electron chi connectivity index (χ0n) is 20.3. The molecule has 38 heavy (non-hydrogen) atoms. The zero-order valence-corrected chi connectivity index (χ0v) is 20.3. The Bertz CT molecular complexity index is 1420. The Morgan fingerprint density at radius 2 is 1.58 bits per heavy atom. The lowest BCUT2D eigenvalue weighted by molar-refractivity contribution is -0.154. The first kappa shape index (κ1) is 23.4. The first-order chi connectivity index (χ1) is 18.2. The van der Waals surface area contributed by atoms with Gasteiger partial charge in [0.2, 0.25) is 5.88 Å². The third kappa shape index (κ3) is 3.97. The number of halogens is 3. The highest BCUT2D eigenvalue weighted by Crippen LogP contribution is 2.54. The Morgan fingerprint density at radius 1 is 0.947 bits per heavy atom. The van der Waals surface area contributed by atoms with Gasteiger partial charge in [-0.05, 0) is 66.7 Å². The van der Waals surface area contributed by atoms with Gasteiger partial charge in [0.05, 0.1) is 11.1 Å². The van der Waals surface area contributed by atoms with E-state index in [0.717, 1.165) is 18.4 Å². The summed E-state index contributed by atoms with van der Waals surface area (Å²) < 4.78 is 42.8. The van der Waals surface area contributed by atoms with Crippen molar-refractivity contribution in [1.29, 1.82) is 0 Å². The van der Waals surface area contributed by atoms with Crippen molar-refractivity contribution in [3.8, 4) is 5.88 Å². The maximum atomic E-state index is 13.3. The monoisotopic (exact) mass is 526 g/mol. The van der Waals surface area contributed by atoms with Gasteiger partial charge in [0, 0.05) is 43.5 Å². The third-order valence-electron chi connectivity index (χ3n) is 8.59. The van der Waals surface area contributed by atoms with Crippen LogP contribution in [0.15, 0.2) is 30.5 Å². The number of H-pyrrole nitrogens is 1. The van der Waals surface area contributed by atoms with Gasteiger partial charge in [0.15, 0.2) is 6.61 Å². The van der Waals surface area contributed by atoms with E-state index in [4.69, 9.17) is 4.74 Å². The van der Waals surface area contributed by atoms with Crippen LogP contribution in [0.2, 0.25) is 0 Å². The molecule has 198 valence electrons. The smallest absolute Gasteiger partial charge is 0.422 e. The highest BCUT2D eigenvalue weighted by atomic mass is 19.4. The van der Waals surface area contributed by atoms with E-state index in [1.54, 1.807) is 18.2 Å². The number of alkyl halides is 3. The second-order valence-corrected chi connectivity index (χ2v) is 10.9. The van der Waals surface area contributed by atoms with Crippen LogP contribution in [0.1, 0.15) is 45.0 Å². The Balaban J connectivity index is 1.01. The molecule has 7 rings (SSSR count). The van der Waals surface area contributed by atoms with E-state index >= 15 is 0 Å². The molecule has 1 N–H and O–H groups in total. The summed E-state index contributed by atoms with van der Waals surface area (Å²) >= 11 is 0. The second kappa shape index (κ2) is 8.40. The molecule has 4 fully saturated rings. The molecule has 2 saturated carbocycles. The van der Waals surface area contributed by atoms with E-state index in [-0.39, 0.29) is 23.6 Å². The minimum atomic E-state index is -4.45. The van der Waals surface area contributed by atoms with Crippen LogP contribution in [0.4, 0.5) is 13.2 Å². The largest absolute Gasteiger partial charge is 0.468 e. The SMILES string of the molecule is O=C(c1cnc(OCC(F)(F)F)c(C2CC2)c1)N1C[C@@H]2[C@H](C1)[C@H]1CN(C(=O)c3ccc4[nH]nnc4c3)C[C@@H]21. The van der Waals surface area contributed by atoms with Crippen molar-refractivity contribution in [3.63, 3.8) is 0 Å². The molecule has 2 aromatic heterocycles. The third-order valence-corrected chi connectivity index (χ3v) is 8.59. The van der Waals surface area contributed by atoms with Gasteiger partial charge in [-0.3, -0.25) is 14.7 Å². The maximum Gasteiger partial charge on any atom is 0.422 e. The first-order valence-corrected chi connectivity index (χ1v) is 12.8. The summed E-state index contributed by atoms with van der Waals surface area (Å²) in [7, 11) is 0. The van der Waals surface area contributed by atoms with Crippen molar-refractivity contribution >= 4 is 22.8 Å². The molecule has 4 atom stereocenters. The molecule has 2 amide bonds. The number of pyridine rings is 1. The standard InChI is InChI=1S/C26H25F3N6O3/c27-26(28,29)12-38-23-16(13-1-2-13)5-15(7-30-23)25(37)35-10-19-17-8-34(9-18(17)20(19)11-35)24(36)14-3-4-21-22(6-14)32-33-31-21/h3-7,13,17-20H,1-2,8-12H2,(H,31,32,33)/t17-,18+,19+,20-. The minimum absolute atomic E-state index is 0.0122. The number of ether oxygens (including phenoxy) is 1. The summed E-state index contributed by atoms with van der Waals surface area (Å²) in [6.07, 6.45) is -1.43. The van der Waals surface area contributed by atoms with Crippen molar-refractivity contribution in [2.24, 2.45) is 23.7 Å². The topological polar surface area (TPSA) is 104 Å². The van der Waals surface area contributed by atoms with Crippen LogP contribution >= 0.6 is 0 Å². The van der Waals surface area contributed by atoms with Crippen LogP contribution < -0.4 is 4.74 Å². The summed E-state index contributed by atoms with van der Waals surface area (Å²) in [5.41, 5.74) is 3.00. The van der Waals surface area contributed by atoms with Crippen LogP contribution in [0.25, 0.3) is 11.0 Å². The number of amides is 2. The van der Waals surface area contributed by atoms with Crippen molar-refractivity contribution in [1.82, 2.24) is 30.2 Å². The van der Waals surface area contributed by atoms with Gasteiger partial charge in [-0.15, -0.1) is 5.10 Å². The van der Waals surface area contributed by atoms with Gasteiger partial charge in [0.25, 0.3) is 11.8 Å². The Hall–Kier alpha value is -3.70. The van der Waals surface area contributed by atoms with E-state index in [9.17, 15) is 22.8 Å². The summed E-state index contributed by atoms with van der Waals surface area (Å²) in [6, 6.07) is 7.01. The molecule has 2 aliphatic heterocycles. The number of fused-ring (bicyclic) bond motifs is 5. The Labute approximate surface area is 215 Å². The summed E-state index contributed by atoms with van der Waals surface area (Å²) in [4.78, 5) is 34.3. The predicted molar refractivity (Wildman–Crippen MR) is 127 cm³/mol. The van der Waals surface area contributed by atoms with Gasteiger partial charge in [-0.2, -0.15) is 13.2 Å². The number of aromatic amines is 1. The number of likely N-dealkylation sites (tertiary alicyclic amines) is 2. The maximum absolute atomic E-state index is 13.3. The van der Waals surface area contributed by atoms with Crippen LogP contribution in [-0.4, -0.2) is 81.0 Å². The number of nitrogens with one attached hydrogen (secondary N) is 1. The molecule has 12 heteroatoms. The van der Waals surface area contributed by atoms with Gasteiger partial charge < -0.3 is 14.5 Å². The number of aromatic nitrogens is 4. The lowest BCUT2D eigenvalue weighted by atomic mass is 9.60. The van der Waals surface area contributed by atoms with Crippen molar-refractivity contribution in [2.75, 3.05) is 32.8 Å². The van der Waals surface area contributed by atoms with Gasteiger partial charge in [0.1, 0.15) is 5.52 Å². The van der Waals surface area contributed by atoms with Crippen molar-refractivity contribution in [3.05, 3.63) is 47.2 Å².